The third kappa shape index (κ3) is 2.39. The van der Waals surface area contributed by atoms with Crippen LogP contribution in [0.2, 0.25) is 0 Å². The van der Waals surface area contributed by atoms with Crippen LogP contribution in [-0.4, -0.2) is 23.0 Å². The molecule has 1 aromatic heterocycles. The molecule has 19 heavy (non-hydrogen) atoms. The number of fused-ring (bicyclic) bond motifs is 1. The molecule has 98 valence electrons. The Kier molecular flexibility index (Phi) is 3.32. The highest BCUT2D eigenvalue weighted by atomic mass is 15.2. The van der Waals surface area contributed by atoms with Crippen LogP contribution in [0.5, 0.6) is 0 Å². The molecule has 2 N–H and O–H groups in total. The van der Waals surface area contributed by atoms with Crippen LogP contribution >= 0.6 is 0 Å². The second kappa shape index (κ2) is 5.11. The minimum Gasteiger partial charge on any atom is -0.323 e. The van der Waals surface area contributed by atoms with Gasteiger partial charge in [0.2, 0.25) is 0 Å². The maximum absolute atomic E-state index is 6.38. The normalized spacial score (nSPS) is 21.6. The zero-order valence-corrected chi connectivity index (χ0v) is 11.2. The van der Waals surface area contributed by atoms with Crippen molar-refractivity contribution in [3.8, 4) is 0 Å². The minimum absolute atomic E-state index is 0.102. The predicted octanol–water partition coefficient (Wildman–Crippen LogP) is 2.14. The van der Waals surface area contributed by atoms with Crippen LogP contribution in [0.15, 0.2) is 48.7 Å². The van der Waals surface area contributed by atoms with E-state index >= 15 is 0 Å². The van der Waals surface area contributed by atoms with Gasteiger partial charge in [-0.3, -0.25) is 9.88 Å². The molecule has 0 radical (unpaired) electrons. The number of nitrogens with two attached hydrogens (primary N) is 1. The first kappa shape index (κ1) is 12.3. The smallest absolute Gasteiger partial charge is 0.0543 e. The lowest BCUT2D eigenvalue weighted by Crippen LogP contribution is -2.38. The summed E-state index contributed by atoms with van der Waals surface area (Å²) in [6.45, 7) is 0.840. The fourth-order valence-electron chi connectivity index (χ4n) is 2.90. The second-order valence-electron chi connectivity index (χ2n) is 5.23. The molecule has 0 aliphatic heterocycles. The van der Waals surface area contributed by atoms with E-state index in [0.29, 0.717) is 6.04 Å². The van der Waals surface area contributed by atoms with Crippen molar-refractivity contribution in [3.05, 3.63) is 65.5 Å². The van der Waals surface area contributed by atoms with E-state index in [9.17, 15) is 0 Å². The number of rotatable bonds is 3. The van der Waals surface area contributed by atoms with E-state index in [1.807, 2.05) is 18.3 Å². The summed E-state index contributed by atoms with van der Waals surface area (Å²) in [5, 5.41) is 0. The summed E-state index contributed by atoms with van der Waals surface area (Å²) in [6, 6.07) is 15.0. The molecule has 0 amide bonds. The van der Waals surface area contributed by atoms with Crippen molar-refractivity contribution in [1.29, 1.82) is 0 Å². The Hall–Kier alpha value is -1.71. The minimum atomic E-state index is 0.102. The summed E-state index contributed by atoms with van der Waals surface area (Å²) in [5.74, 6) is 0. The zero-order chi connectivity index (χ0) is 13.2. The fourth-order valence-corrected chi connectivity index (χ4v) is 2.90. The third-order valence-corrected chi connectivity index (χ3v) is 3.96. The van der Waals surface area contributed by atoms with Gasteiger partial charge in [-0.2, -0.15) is 0 Å². The number of benzene rings is 1. The van der Waals surface area contributed by atoms with E-state index in [0.717, 1.165) is 18.7 Å². The van der Waals surface area contributed by atoms with E-state index in [-0.39, 0.29) is 6.04 Å². The monoisotopic (exact) mass is 253 g/mol. The van der Waals surface area contributed by atoms with E-state index in [1.165, 1.54) is 11.1 Å². The van der Waals surface area contributed by atoms with Crippen molar-refractivity contribution >= 4 is 0 Å². The van der Waals surface area contributed by atoms with Gasteiger partial charge < -0.3 is 5.73 Å². The van der Waals surface area contributed by atoms with Gasteiger partial charge in [0.25, 0.3) is 0 Å². The maximum Gasteiger partial charge on any atom is 0.0543 e. The molecular formula is C16H19N3. The van der Waals surface area contributed by atoms with Gasteiger partial charge in [0, 0.05) is 24.8 Å². The van der Waals surface area contributed by atoms with Gasteiger partial charge in [-0.25, -0.2) is 0 Å². The van der Waals surface area contributed by atoms with Crippen LogP contribution in [-0.2, 0) is 13.0 Å². The van der Waals surface area contributed by atoms with E-state index < -0.39 is 0 Å². The van der Waals surface area contributed by atoms with Crippen molar-refractivity contribution < 1.29 is 0 Å². The molecule has 0 saturated carbocycles. The lowest BCUT2D eigenvalue weighted by atomic mass is 10.1. The number of hydrogen-bond donors (Lipinski definition) is 1. The van der Waals surface area contributed by atoms with Crippen LogP contribution in [0.3, 0.4) is 0 Å². The number of aromatic nitrogens is 1. The predicted molar refractivity (Wildman–Crippen MR) is 76.6 cm³/mol. The Labute approximate surface area is 114 Å². The highest BCUT2D eigenvalue weighted by Gasteiger charge is 2.32. The van der Waals surface area contributed by atoms with E-state index in [1.54, 1.807) is 0 Å². The van der Waals surface area contributed by atoms with E-state index in [4.69, 9.17) is 5.73 Å². The highest BCUT2D eigenvalue weighted by molar-refractivity contribution is 5.36. The van der Waals surface area contributed by atoms with E-state index in [2.05, 4.69) is 47.3 Å². The van der Waals surface area contributed by atoms with Gasteiger partial charge in [0.1, 0.15) is 0 Å². The van der Waals surface area contributed by atoms with Gasteiger partial charge in [0.15, 0.2) is 0 Å². The standard InChI is InChI=1S/C16H19N3/c1-19(11-13-7-4-5-9-18-13)15-10-12-6-2-3-8-14(12)16(15)17/h2-9,15-16H,10-11,17H2,1H3. The van der Waals surface area contributed by atoms with Crippen LogP contribution in [0.1, 0.15) is 22.9 Å². The van der Waals surface area contributed by atoms with Gasteiger partial charge in [-0.05, 0) is 36.7 Å². The molecule has 2 unspecified atom stereocenters. The number of nitrogens with zero attached hydrogens (tertiary/aromatic N) is 2. The highest BCUT2D eigenvalue weighted by Crippen LogP contribution is 2.32. The molecule has 0 fully saturated rings. The molecule has 1 heterocycles. The molecule has 0 spiro atoms. The topological polar surface area (TPSA) is 42.2 Å². The molecule has 1 aliphatic carbocycles. The van der Waals surface area contributed by atoms with Crippen molar-refractivity contribution in [3.63, 3.8) is 0 Å². The second-order valence-corrected chi connectivity index (χ2v) is 5.23. The first-order valence-corrected chi connectivity index (χ1v) is 6.69. The summed E-state index contributed by atoms with van der Waals surface area (Å²) in [7, 11) is 2.13. The van der Waals surface area contributed by atoms with Gasteiger partial charge in [-0.1, -0.05) is 30.3 Å². The quantitative estimate of drug-likeness (QED) is 0.911. The molecule has 1 aliphatic rings. The molecule has 2 atom stereocenters. The summed E-state index contributed by atoms with van der Waals surface area (Å²) in [4.78, 5) is 6.69. The van der Waals surface area contributed by atoms with Gasteiger partial charge in [0.05, 0.1) is 5.69 Å². The summed E-state index contributed by atoms with van der Waals surface area (Å²) in [5.41, 5.74) is 10.1. The Morgan fingerprint density at radius 2 is 2.00 bits per heavy atom. The molecule has 1 aromatic carbocycles. The van der Waals surface area contributed by atoms with Crippen LogP contribution < -0.4 is 5.73 Å². The van der Waals surface area contributed by atoms with Gasteiger partial charge >= 0.3 is 0 Å². The third-order valence-electron chi connectivity index (χ3n) is 3.96. The molecule has 3 heteroatoms. The maximum atomic E-state index is 6.38. The lowest BCUT2D eigenvalue weighted by Gasteiger charge is -2.27. The Balaban J connectivity index is 1.74. The van der Waals surface area contributed by atoms with Gasteiger partial charge in [-0.15, -0.1) is 0 Å². The SMILES string of the molecule is CN(Cc1ccccn1)C1Cc2ccccc2C1N. The van der Waals surface area contributed by atoms with Crippen LogP contribution in [0.4, 0.5) is 0 Å². The fraction of sp³-hybridized carbons (Fsp3) is 0.312. The summed E-state index contributed by atoms with van der Waals surface area (Å²) in [6.07, 6.45) is 2.87. The average Bonchev–Trinajstić information content (AvgIpc) is 2.78. The molecule has 0 bridgehead atoms. The summed E-state index contributed by atoms with van der Waals surface area (Å²) >= 11 is 0. The number of hydrogen-bond acceptors (Lipinski definition) is 3. The molecule has 3 rings (SSSR count). The average molecular weight is 253 g/mol. The largest absolute Gasteiger partial charge is 0.323 e. The van der Waals surface area contributed by atoms with Crippen molar-refractivity contribution in [1.82, 2.24) is 9.88 Å². The molecular weight excluding hydrogens is 234 g/mol. The van der Waals surface area contributed by atoms with Crippen molar-refractivity contribution in [2.45, 2.75) is 25.0 Å². The number of pyridine rings is 1. The lowest BCUT2D eigenvalue weighted by molar-refractivity contribution is 0.212. The first-order valence-electron chi connectivity index (χ1n) is 6.69. The Bertz CT molecular complexity index is 553. The first-order chi connectivity index (χ1) is 9.25. The molecule has 2 aromatic rings. The Morgan fingerprint density at radius 3 is 2.74 bits per heavy atom. The summed E-state index contributed by atoms with van der Waals surface area (Å²) < 4.78 is 0. The van der Waals surface area contributed by atoms with Crippen molar-refractivity contribution in [2.75, 3.05) is 7.05 Å². The van der Waals surface area contributed by atoms with Crippen LogP contribution in [0.25, 0.3) is 0 Å². The van der Waals surface area contributed by atoms with Crippen molar-refractivity contribution in [2.24, 2.45) is 5.73 Å². The van der Waals surface area contributed by atoms with Crippen LogP contribution in [0, 0.1) is 0 Å². The Morgan fingerprint density at radius 1 is 1.21 bits per heavy atom. The molecule has 0 saturated heterocycles. The zero-order valence-electron chi connectivity index (χ0n) is 11.2. The molecule has 3 nitrogen and oxygen atoms in total. The number of likely N-dealkylation sites (N-methyl/N-ethyl adjacent to an activating group) is 1.